The summed E-state index contributed by atoms with van der Waals surface area (Å²) in [6, 6.07) is 2.18. The maximum absolute atomic E-state index is 13.8. The summed E-state index contributed by atoms with van der Waals surface area (Å²) >= 11 is 6.94. The molecule has 0 unspecified atom stereocenters. The lowest BCUT2D eigenvalue weighted by Crippen LogP contribution is -2.24. The van der Waals surface area contributed by atoms with Gasteiger partial charge in [-0.3, -0.25) is 0 Å². The number of hydrogen-bond acceptors (Lipinski definition) is 5. The van der Waals surface area contributed by atoms with Gasteiger partial charge in [0.1, 0.15) is 9.90 Å². The molecule has 3 N–H and O–H groups in total. The topological polar surface area (TPSA) is 85.1 Å². The highest BCUT2D eigenvalue weighted by atomic mass is 35.5. The van der Waals surface area contributed by atoms with E-state index in [1.165, 1.54) is 11.3 Å². The normalized spacial score (nSPS) is 11.8. The smallest absolute Gasteiger partial charge is 0.244 e. The van der Waals surface area contributed by atoms with Crippen molar-refractivity contribution in [3.8, 4) is 0 Å². The van der Waals surface area contributed by atoms with Crippen LogP contribution in [0.15, 0.2) is 23.2 Å². The highest BCUT2D eigenvalue weighted by Gasteiger charge is 2.22. The molecule has 0 radical (unpaired) electrons. The van der Waals surface area contributed by atoms with Gasteiger partial charge in [0.2, 0.25) is 10.0 Å². The Morgan fingerprint density at radius 1 is 1.50 bits per heavy atom. The summed E-state index contributed by atoms with van der Waals surface area (Å²) in [4.78, 5) is 4.40. The van der Waals surface area contributed by atoms with Crippen molar-refractivity contribution in [2.45, 2.75) is 18.4 Å². The largest absolute Gasteiger partial charge is 0.399 e. The van der Waals surface area contributed by atoms with Crippen LogP contribution in [-0.4, -0.2) is 13.4 Å². The van der Waals surface area contributed by atoms with Gasteiger partial charge >= 0.3 is 0 Å². The number of nitrogens with one attached hydrogen (secondary N) is 1. The molecule has 108 valence electrons. The van der Waals surface area contributed by atoms with E-state index in [1.807, 2.05) is 6.92 Å². The minimum absolute atomic E-state index is 0.0211. The average molecular weight is 336 g/mol. The predicted octanol–water partition coefficient (Wildman–Crippen LogP) is 2.30. The van der Waals surface area contributed by atoms with Crippen LogP contribution in [0.2, 0.25) is 5.02 Å². The molecule has 0 aliphatic carbocycles. The van der Waals surface area contributed by atoms with E-state index in [1.54, 1.807) is 6.20 Å². The van der Waals surface area contributed by atoms with Crippen molar-refractivity contribution >= 4 is 38.6 Å². The van der Waals surface area contributed by atoms with Crippen molar-refractivity contribution in [3.63, 3.8) is 0 Å². The molecule has 1 heterocycles. The molecule has 2 rings (SSSR count). The number of anilines is 1. The summed E-state index contributed by atoms with van der Waals surface area (Å²) in [5.41, 5.74) is 5.55. The molecule has 5 nitrogen and oxygen atoms in total. The Morgan fingerprint density at radius 3 is 2.80 bits per heavy atom. The molecule has 0 spiro atoms. The molecule has 0 aliphatic heterocycles. The number of benzene rings is 1. The van der Waals surface area contributed by atoms with Gasteiger partial charge < -0.3 is 5.73 Å². The highest BCUT2D eigenvalue weighted by Crippen LogP contribution is 2.25. The zero-order valence-corrected chi connectivity index (χ0v) is 12.7. The van der Waals surface area contributed by atoms with Crippen LogP contribution in [0.3, 0.4) is 0 Å². The molecule has 0 saturated carbocycles. The molecule has 9 heteroatoms. The third kappa shape index (κ3) is 3.26. The second kappa shape index (κ2) is 5.65. The lowest BCUT2D eigenvalue weighted by molar-refractivity contribution is 0.557. The van der Waals surface area contributed by atoms with Crippen LogP contribution in [0.5, 0.6) is 0 Å². The Kier molecular flexibility index (Phi) is 4.28. The molecule has 0 bridgehead atoms. The number of aryl methyl sites for hydroxylation is 1. The second-order valence-corrected chi connectivity index (χ2v) is 7.47. The van der Waals surface area contributed by atoms with Crippen molar-refractivity contribution in [3.05, 3.63) is 39.1 Å². The van der Waals surface area contributed by atoms with Crippen molar-refractivity contribution in [2.24, 2.45) is 0 Å². The van der Waals surface area contributed by atoms with Gasteiger partial charge in [-0.05, 0) is 19.1 Å². The molecule has 20 heavy (non-hydrogen) atoms. The number of nitrogens with two attached hydrogens (primary N) is 1. The molecular formula is C11H11ClFN3O2S2. The Bertz CT molecular complexity index is 746. The van der Waals surface area contributed by atoms with Crippen LogP contribution in [0.25, 0.3) is 0 Å². The first-order valence-corrected chi connectivity index (χ1v) is 8.13. The fourth-order valence-electron chi connectivity index (χ4n) is 1.50. The number of sulfonamides is 1. The minimum Gasteiger partial charge on any atom is -0.399 e. The molecule has 1 aromatic heterocycles. The third-order valence-electron chi connectivity index (χ3n) is 2.39. The van der Waals surface area contributed by atoms with E-state index in [9.17, 15) is 12.8 Å². The number of thiazole rings is 1. The summed E-state index contributed by atoms with van der Waals surface area (Å²) in [6.07, 6.45) is 1.63. The summed E-state index contributed by atoms with van der Waals surface area (Å²) < 4.78 is 40.2. The maximum atomic E-state index is 13.8. The summed E-state index contributed by atoms with van der Waals surface area (Å²) in [7, 11) is -4.05. The number of nitrogen functional groups attached to an aromatic ring is 1. The Labute approximate surface area is 124 Å². The van der Waals surface area contributed by atoms with Crippen LogP contribution in [-0.2, 0) is 16.6 Å². The first-order valence-electron chi connectivity index (χ1n) is 5.45. The van der Waals surface area contributed by atoms with E-state index < -0.39 is 20.7 Å². The van der Waals surface area contributed by atoms with E-state index in [-0.39, 0.29) is 17.3 Å². The lowest BCUT2D eigenvalue weighted by Gasteiger charge is -2.08. The predicted molar refractivity (Wildman–Crippen MR) is 76.7 cm³/mol. The zero-order chi connectivity index (χ0) is 14.9. The number of aromatic nitrogens is 1. The zero-order valence-electron chi connectivity index (χ0n) is 10.4. The molecule has 0 saturated heterocycles. The average Bonchev–Trinajstić information content (AvgIpc) is 2.77. The second-order valence-electron chi connectivity index (χ2n) is 4.00. The van der Waals surface area contributed by atoms with Gasteiger partial charge in [0.05, 0.1) is 11.6 Å². The van der Waals surface area contributed by atoms with Crippen molar-refractivity contribution in [1.29, 1.82) is 0 Å². The lowest BCUT2D eigenvalue weighted by atomic mass is 10.3. The Balaban J connectivity index is 2.27. The van der Waals surface area contributed by atoms with Gasteiger partial charge in [0.15, 0.2) is 5.82 Å². The van der Waals surface area contributed by atoms with Crippen LogP contribution in [0.1, 0.15) is 9.88 Å². The first kappa shape index (κ1) is 15.2. The van der Waals surface area contributed by atoms with Gasteiger partial charge in [-0.15, -0.1) is 11.3 Å². The fourth-order valence-corrected chi connectivity index (χ4v) is 3.72. The van der Waals surface area contributed by atoms with E-state index in [0.29, 0.717) is 5.01 Å². The molecule has 0 aliphatic rings. The minimum atomic E-state index is -4.05. The number of rotatable bonds is 4. The maximum Gasteiger partial charge on any atom is 0.244 e. The van der Waals surface area contributed by atoms with Gasteiger partial charge in [0.25, 0.3) is 0 Å². The highest BCUT2D eigenvalue weighted by molar-refractivity contribution is 7.89. The molecular weight excluding hydrogens is 325 g/mol. The summed E-state index contributed by atoms with van der Waals surface area (Å²) in [5.74, 6) is -1.02. The fraction of sp³-hybridized carbons (Fsp3) is 0.182. The molecule has 0 atom stereocenters. The quantitative estimate of drug-likeness (QED) is 0.840. The van der Waals surface area contributed by atoms with Crippen LogP contribution in [0.4, 0.5) is 10.1 Å². The van der Waals surface area contributed by atoms with Crippen molar-refractivity contribution in [2.75, 3.05) is 5.73 Å². The Morgan fingerprint density at radius 2 is 2.20 bits per heavy atom. The number of hydrogen-bond donors (Lipinski definition) is 2. The monoisotopic (exact) mass is 335 g/mol. The number of nitrogens with zero attached hydrogens (tertiary/aromatic N) is 1. The Hall–Kier alpha value is -1.22. The molecule has 0 fully saturated rings. The molecule has 0 amide bonds. The van der Waals surface area contributed by atoms with Crippen molar-refractivity contribution < 1.29 is 12.8 Å². The SMILES string of the molecule is Cc1cnc(CNS(=O)(=O)c2cc(N)cc(Cl)c2F)s1. The van der Waals surface area contributed by atoms with Crippen LogP contribution in [0, 0.1) is 12.7 Å². The van der Waals surface area contributed by atoms with Gasteiger partial charge in [0, 0.05) is 16.8 Å². The van der Waals surface area contributed by atoms with E-state index >= 15 is 0 Å². The third-order valence-corrected chi connectivity index (χ3v) is 4.98. The molecule has 1 aromatic carbocycles. The summed E-state index contributed by atoms with van der Waals surface area (Å²) in [5, 5.41) is 0.247. The van der Waals surface area contributed by atoms with Crippen LogP contribution >= 0.6 is 22.9 Å². The number of halogens is 2. The summed E-state index contributed by atoms with van der Waals surface area (Å²) in [6.45, 7) is 1.83. The first-order chi connectivity index (χ1) is 9.29. The van der Waals surface area contributed by atoms with Gasteiger partial charge in [-0.1, -0.05) is 11.6 Å². The molecule has 2 aromatic rings. The van der Waals surface area contributed by atoms with E-state index in [0.717, 1.165) is 17.0 Å². The van der Waals surface area contributed by atoms with Gasteiger partial charge in [-0.25, -0.2) is 22.5 Å². The van der Waals surface area contributed by atoms with E-state index in [2.05, 4.69) is 9.71 Å². The van der Waals surface area contributed by atoms with Crippen LogP contribution < -0.4 is 10.5 Å². The van der Waals surface area contributed by atoms with E-state index in [4.69, 9.17) is 17.3 Å². The standard InChI is InChI=1S/C11H11ClFN3O2S2/c1-6-4-15-10(19-6)5-16-20(17,18)9-3-7(14)2-8(12)11(9)13/h2-4,16H,5,14H2,1H3. The van der Waals surface area contributed by atoms with Gasteiger partial charge in [-0.2, -0.15) is 0 Å². The van der Waals surface area contributed by atoms with Crippen molar-refractivity contribution in [1.82, 2.24) is 9.71 Å².